The molecular weight excluding hydrogens is 242 g/mol. The third kappa shape index (κ3) is 2.26. The molecule has 2 aromatic carbocycles. The van der Waals surface area contributed by atoms with Crippen LogP contribution in [0.15, 0.2) is 36.4 Å². The summed E-state index contributed by atoms with van der Waals surface area (Å²) in [4.78, 5) is 11.2. The Morgan fingerprint density at radius 3 is 2.74 bits per heavy atom. The molecule has 94 valence electrons. The summed E-state index contributed by atoms with van der Waals surface area (Å²) in [5, 5.41) is 18.8. The number of ether oxygens (including phenoxy) is 1. The van der Waals surface area contributed by atoms with Crippen molar-refractivity contribution in [3.05, 3.63) is 47.5 Å². The van der Waals surface area contributed by atoms with Gasteiger partial charge in [-0.1, -0.05) is 12.1 Å². The minimum Gasteiger partial charge on any atom is -0.504 e. The van der Waals surface area contributed by atoms with Crippen LogP contribution in [0.4, 0.5) is 0 Å². The van der Waals surface area contributed by atoms with Gasteiger partial charge in [-0.2, -0.15) is 5.26 Å². The summed E-state index contributed by atoms with van der Waals surface area (Å²) in [5.41, 5.74) is 1.89. The third-order valence-corrected chi connectivity index (χ3v) is 2.82. The van der Waals surface area contributed by atoms with Crippen LogP contribution in [0, 0.1) is 11.3 Å². The van der Waals surface area contributed by atoms with Crippen molar-refractivity contribution in [3.63, 3.8) is 0 Å². The smallest absolute Gasteiger partial charge is 0.169 e. The number of phenolic OH excluding ortho intramolecular Hbond substituents is 1. The average molecular weight is 253 g/mol. The Labute approximate surface area is 110 Å². The van der Waals surface area contributed by atoms with E-state index in [0.717, 1.165) is 0 Å². The molecule has 0 saturated heterocycles. The van der Waals surface area contributed by atoms with Gasteiger partial charge in [0.1, 0.15) is 0 Å². The summed E-state index contributed by atoms with van der Waals surface area (Å²) in [5.74, 6) is 0.0413. The van der Waals surface area contributed by atoms with Gasteiger partial charge in [0.05, 0.1) is 24.3 Å². The van der Waals surface area contributed by atoms with Crippen LogP contribution >= 0.6 is 0 Å². The molecule has 2 aromatic rings. The fourth-order valence-corrected chi connectivity index (χ4v) is 1.88. The predicted octanol–water partition coefficient (Wildman–Crippen LogP) is 2.75. The Bertz CT molecular complexity index is 672. The molecule has 0 spiro atoms. The van der Waals surface area contributed by atoms with Gasteiger partial charge in [0.2, 0.25) is 0 Å². The number of aromatic hydroxyl groups is 1. The number of rotatable bonds is 3. The largest absolute Gasteiger partial charge is 0.504 e. The monoisotopic (exact) mass is 253 g/mol. The highest BCUT2D eigenvalue weighted by Crippen LogP contribution is 2.36. The SMILES string of the molecule is COc1ccc(-c2cccc(C#N)c2)c(C=O)c1O. The van der Waals surface area contributed by atoms with Crippen LogP contribution in [0.1, 0.15) is 15.9 Å². The van der Waals surface area contributed by atoms with Gasteiger partial charge in [0.15, 0.2) is 17.8 Å². The minimum absolute atomic E-state index is 0.148. The van der Waals surface area contributed by atoms with Crippen molar-refractivity contribution in [2.24, 2.45) is 0 Å². The van der Waals surface area contributed by atoms with Gasteiger partial charge in [-0.05, 0) is 35.4 Å². The van der Waals surface area contributed by atoms with E-state index in [4.69, 9.17) is 10.00 Å². The zero-order chi connectivity index (χ0) is 13.8. The number of hydrogen-bond acceptors (Lipinski definition) is 4. The van der Waals surface area contributed by atoms with Crippen LogP contribution in [-0.4, -0.2) is 18.5 Å². The second-order valence-electron chi connectivity index (χ2n) is 3.89. The summed E-state index contributed by atoms with van der Waals surface area (Å²) in [6.07, 6.45) is 0.576. The molecule has 0 aliphatic rings. The van der Waals surface area contributed by atoms with Gasteiger partial charge in [-0.25, -0.2) is 0 Å². The van der Waals surface area contributed by atoms with Crippen molar-refractivity contribution in [2.75, 3.05) is 7.11 Å². The molecule has 0 radical (unpaired) electrons. The summed E-state index contributed by atoms with van der Waals surface area (Å²) < 4.78 is 4.96. The standard InChI is InChI=1S/C15H11NO3/c1-19-14-6-5-12(13(9-17)15(14)18)11-4-2-3-10(7-11)8-16/h2-7,9,18H,1H3. The molecule has 0 aliphatic carbocycles. The lowest BCUT2D eigenvalue weighted by molar-refractivity contribution is 0.112. The number of nitriles is 1. The Morgan fingerprint density at radius 1 is 1.32 bits per heavy atom. The lowest BCUT2D eigenvalue weighted by Crippen LogP contribution is -1.93. The van der Waals surface area contributed by atoms with Gasteiger partial charge in [-0.3, -0.25) is 4.79 Å². The number of aldehydes is 1. The summed E-state index contributed by atoms with van der Waals surface area (Å²) in [6.45, 7) is 0. The van der Waals surface area contributed by atoms with Crippen molar-refractivity contribution in [3.8, 4) is 28.7 Å². The maximum Gasteiger partial charge on any atom is 0.169 e. The lowest BCUT2D eigenvalue weighted by Gasteiger charge is -2.10. The predicted molar refractivity (Wildman–Crippen MR) is 70.2 cm³/mol. The molecule has 0 amide bonds. The van der Waals surface area contributed by atoms with Crippen molar-refractivity contribution in [1.82, 2.24) is 0 Å². The fourth-order valence-electron chi connectivity index (χ4n) is 1.88. The average Bonchev–Trinajstić information content (AvgIpc) is 2.47. The zero-order valence-corrected chi connectivity index (χ0v) is 10.3. The van der Waals surface area contributed by atoms with E-state index in [1.165, 1.54) is 7.11 Å². The number of methoxy groups -OCH3 is 1. The lowest BCUT2D eigenvalue weighted by atomic mass is 9.98. The molecule has 0 aromatic heterocycles. The second kappa shape index (κ2) is 5.23. The van der Waals surface area contributed by atoms with E-state index in [2.05, 4.69) is 0 Å². The molecule has 0 aliphatic heterocycles. The van der Waals surface area contributed by atoms with Crippen molar-refractivity contribution in [1.29, 1.82) is 5.26 Å². The van der Waals surface area contributed by atoms with E-state index in [0.29, 0.717) is 23.0 Å². The van der Waals surface area contributed by atoms with Crippen LogP contribution in [0.25, 0.3) is 11.1 Å². The number of phenols is 1. The van der Waals surface area contributed by atoms with Gasteiger partial charge in [-0.15, -0.1) is 0 Å². The van der Waals surface area contributed by atoms with E-state index >= 15 is 0 Å². The Balaban J connectivity index is 2.65. The van der Waals surface area contributed by atoms with Crippen molar-refractivity contribution < 1.29 is 14.6 Å². The first kappa shape index (κ1) is 12.7. The van der Waals surface area contributed by atoms with Crippen LogP contribution < -0.4 is 4.74 Å². The van der Waals surface area contributed by atoms with Gasteiger partial charge in [0, 0.05) is 0 Å². The highest BCUT2D eigenvalue weighted by atomic mass is 16.5. The number of hydrogen-bond donors (Lipinski definition) is 1. The Morgan fingerprint density at radius 2 is 2.11 bits per heavy atom. The Hall–Kier alpha value is -2.80. The van der Waals surface area contributed by atoms with E-state index in [-0.39, 0.29) is 17.1 Å². The first-order chi connectivity index (χ1) is 9.21. The summed E-state index contributed by atoms with van der Waals surface area (Å²) >= 11 is 0. The molecule has 0 bridgehead atoms. The topological polar surface area (TPSA) is 70.3 Å². The van der Waals surface area contributed by atoms with Crippen LogP contribution in [0.5, 0.6) is 11.5 Å². The number of carbonyl (C=O) groups is 1. The normalized spacial score (nSPS) is 9.68. The quantitative estimate of drug-likeness (QED) is 0.854. The van der Waals surface area contributed by atoms with Crippen LogP contribution in [0.2, 0.25) is 0 Å². The third-order valence-electron chi connectivity index (χ3n) is 2.82. The molecule has 0 saturated carbocycles. The first-order valence-corrected chi connectivity index (χ1v) is 5.57. The highest BCUT2D eigenvalue weighted by Gasteiger charge is 2.14. The zero-order valence-electron chi connectivity index (χ0n) is 10.3. The van der Waals surface area contributed by atoms with Crippen LogP contribution in [0.3, 0.4) is 0 Å². The summed E-state index contributed by atoms with van der Waals surface area (Å²) in [6, 6.07) is 12.1. The number of benzene rings is 2. The molecule has 4 nitrogen and oxygen atoms in total. The molecule has 0 unspecified atom stereocenters. The second-order valence-corrected chi connectivity index (χ2v) is 3.89. The molecular formula is C15H11NO3. The van der Waals surface area contributed by atoms with E-state index < -0.39 is 0 Å². The minimum atomic E-state index is -0.197. The molecule has 0 atom stereocenters. The fraction of sp³-hybridized carbons (Fsp3) is 0.0667. The number of nitrogens with zero attached hydrogens (tertiary/aromatic N) is 1. The molecule has 0 heterocycles. The van der Waals surface area contributed by atoms with Crippen LogP contribution in [-0.2, 0) is 0 Å². The molecule has 1 N–H and O–H groups in total. The maximum absolute atomic E-state index is 11.2. The molecule has 0 fully saturated rings. The van der Waals surface area contributed by atoms with E-state index in [1.54, 1.807) is 36.4 Å². The highest BCUT2D eigenvalue weighted by molar-refractivity contribution is 5.92. The first-order valence-electron chi connectivity index (χ1n) is 5.57. The Kier molecular flexibility index (Phi) is 3.48. The van der Waals surface area contributed by atoms with E-state index in [1.807, 2.05) is 6.07 Å². The molecule has 2 rings (SSSR count). The maximum atomic E-state index is 11.2. The van der Waals surface area contributed by atoms with Crippen molar-refractivity contribution >= 4 is 6.29 Å². The van der Waals surface area contributed by atoms with E-state index in [9.17, 15) is 9.90 Å². The molecule has 19 heavy (non-hydrogen) atoms. The van der Waals surface area contributed by atoms with Gasteiger partial charge < -0.3 is 9.84 Å². The van der Waals surface area contributed by atoms with Gasteiger partial charge in [0.25, 0.3) is 0 Å². The molecule has 4 heteroatoms. The van der Waals surface area contributed by atoms with Gasteiger partial charge >= 0.3 is 0 Å². The summed E-state index contributed by atoms with van der Waals surface area (Å²) in [7, 11) is 1.42. The van der Waals surface area contributed by atoms with Crippen molar-refractivity contribution in [2.45, 2.75) is 0 Å². The number of carbonyl (C=O) groups excluding carboxylic acids is 1.